The Morgan fingerprint density at radius 2 is 0.421 bits per heavy atom. The summed E-state index contributed by atoms with van der Waals surface area (Å²) >= 11 is 0. The molecule has 0 aliphatic carbocycles. The van der Waals surface area contributed by atoms with Gasteiger partial charge in [-0.1, -0.05) is 25.7 Å². The van der Waals surface area contributed by atoms with E-state index < -0.39 is 33.0 Å². The molecule has 0 amide bonds. The van der Waals surface area contributed by atoms with Crippen molar-refractivity contribution < 1.29 is 99.5 Å². The van der Waals surface area contributed by atoms with Crippen LogP contribution in [0.25, 0.3) is 0 Å². The minimum Gasteiger partial charge on any atom is -0.598 e. The molecule has 0 heterocycles. The normalized spacial score (nSPS) is 5.47. The minimum absolute atomic E-state index is 0. The van der Waals surface area contributed by atoms with E-state index in [1.807, 2.05) is 0 Å². The van der Waals surface area contributed by atoms with Crippen LogP contribution in [-0.2, 0) is 60.4 Å². The van der Waals surface area contributed by atoms with E-state index in [0.717, 1.165) is 0 Å². The van der Waals surface area contributed by atoms with E-state index >= 15 is 0 Å². The summed E-state index contributed by atoms with van der Waals surface area (Å²) in [6.45, 7) is 0. The Kier molecular flexibility index (Phi) is 82.4. The zero-order chi connectivity index (χ0) is 14.3. The summed E-state index contributed by atoms with van der Waals surface area (Å²) in [5.41, 5.74) is 0. The maximum absolute atomic E-state index is 8.48. The van der Waals surface area contributed by atoms with Crippen molar-refractivity contribution in [1.29, 1.82) is 0 Å². The summed E-state index contributed by atoms with van der Waals surface area (Å²) in [6, 6.07) is 0. The second-order valence-electron chi connectivity index (χ2n) is 0.894. The van der Waals surface area contributed by atoms with Crippen LogP contribution < -0.4 is 39.1 Å². The van der Waals surface area contributed by atoms with Crippen molar-refractivity contribution in [3.8, 4) is 0 Å². The van der Waals surface area contributed by atoms with Crippen LogP contribution in [-0.4, -0.2) is 0 Å². The molecule has 0 saturated carbocycles. The van der Waals surface area contributed by atoms with E-state index in [1.54, 1.807) is 0 Å². The van der Waals surface area contributed by atoms with Crippen molar-refractivity contribution in [1.82, 2.24) is 0 Å². The molecule has 0 rings (SSSR count). The zero-order valence-corrected chi connectivity index (χ0v) is 16.9. The van der Waals surface area contributed by atoms with E-state index in [2.05, 4.69) is 0 Å². The second kappa shape index (κ2) is 36.6. The molecule has 0 spiro atoms. The number of hydrogen-bond acceptors (Lipinski definition) is 12. The van der Waals surface area contributed by atoms with Crippen molar-refractivity contribution in [2.45, 2.75) is 7.43 Å². The van der Waals surface area contributed by atoms with Crippen molar-refractivity contribution >= 4 is 33.0 Å². The van der Waals surface area contributed by atoms with E-state index in [0.29, 0.717) is 0 Å². The fourth-order valence-electron chi connectivity index (χ4n) is 0. The molecular formula is CH4O12P4W2-4. The van der Waals surface area contributed by atoms with Crippen LogP contribution in [0.15, 0.2) is 0 Å². The second-order valence-corrected chi connectivity index (χ2v) is 2.68. The Morgan fingerprint density at radius 1 is 0.421 bits per heavy atom. The van der Waals surface area contributed by atoms with Gasteiger partial charge in [-0.15, -0.1) is 0 Å². The van der Waals surface area contributed by atoms with Crippen LogP contribution in [0.4, 0.5) is 0 Å². The third-order valence-corrected chi connectivity index (χ3v) is 0. The predicted octanol–water partition coefficient (Wildman–Crippen LogP) is -5.91. The van der Waals surface area contributed by atoms with Crippen molar-refractivity contribution in [3.05, 3.63) is 0 Å². The van der Waals surface area contributed by atoms with Crippen molar-refractivity contribution in [2.24, 2.45) is 0 Å². The fourth-order valence-corrected chi connectivity index (χ4v) is 0. The van der Waals surface area contributed by atoms with Crippen molar-refractivity contribution in [2.75, 3.05) is 0 Å². The van der Waals surface area contributed by atoms with Gasteiger partial charge in [0.15, 0.2) is 0 Å². The summed E-state index contributed by atoms with van der Waals surface area (Å²) in [6.07, 6.45) is 0. The van der Waals surface area contributed by atoms with Gasteiger partial charge in [0.05, 0.1) is 0 Å². The van der Waals surface area contributed by atoms with Gasteiger partial charge in [0.25, 0.3) is 33.0 Å². The van der Waals surface area contributed by atoms with Gasteiger partial charge in [0.2, 0.25) is 0 Å². The van der Waals surface area contributed by atoms with Gasteiger partial charge in [-0.2, -0.15) is 0 Å². The average Bonchev–Trinajstić information content (AvgIpc) is 1.76. The Hall–Kier alpha value is 1.46. The number of rotatable bonds is 0. The molecule has 0 unspecified atom stereocenters. The van der Waals surface area contributed by atoms with Crippen LogP contribution in [0, 0.1) is 0 Å². The zero-order valence-electron chi connectivity index (χ0n) is 7.50. The van der Waals surface area contributed by atoms with Crippen molar-refractivity contribution in [3.63, 3.8) is 0 Å². The average molecular weight is 700 g/mol. The van der Waals surface area contributed by atoms with E-state index in [9.17, 15) is 0 Å². The van der Waals surface area contributed by atoms with E-state index in [4.69, 9.17) is 57.4 Å². The molecule has 0 fully saturated rings. The van der Waals surface area contributed by atoms with Crippen LogP contribution in [0.5, 0.6) is 0 Å². The van der Waals surface area contributed by atoms with Gasteiger partial charge in [-0.25, -0.2) is 0 Å². The van der Waals surface area contributed by atoms with Crippen LogP contribution in [0.3, 0.4) is 0 Å². The Labute approximate surface area is 139 Å². The van der Waals surface area contributed by atoms with Crippen LogP contribution >= 0.6 is 33.0 Å². The quantitative estimate of drug-likeness (QED) is 0.214. The molecule has 116 valence electrons. The molecule has 0 saturated heterocycles. The Morgan fingerprint density at radius 3 is 0.421 bits per heavy atom. The molecule has 19 heavy (non-hydrogen) atoms. The molecule has 0 radical (unpaired) electrons. The third-order valence-electron chi connectivity index (χ3n) is 0. The smallest absolute Gasteiger partial charge is 0.276 e. The molecular weight excluding hydrogens is 696 g/mol. The van der Waals surface area contributed by atoms with E-state index in [1.165, 1.54) is 0 Å². The summed E-state index contributed by atoms with van der Waals surface area (Å²) < 4.78 is 33.9. The molecule has 12 nitrogen and oxygen atoms in total. The van der Waals surface area contributed by atoms with Gasteiger partial charge >= 0.3 is 0 Å². The first-order chi connectivity index (χ1) is 6.93. The first-order valence-electron chi connectivity index (χ1n) is 2.19. The first kappa shape index (κ1) is 42.8. The summed E-state index contributed by atoms with van der Waals surface area (Å²) in [4.78, 5) is 67.9. The maximum atomic E-state index is 8.48. The molecule has 0 bridgehead atoms. The monoisotopic (exact) mass is 700 g/mol. The topological polar surface area (TPSA) is 253 Å². The molecule has 0 aliphatic rings. The third kappa shape index (κ3) is 2790. The Balaban J connectivity index is -0.0000000192. The minimum atomic E-state index is -3.37. The largest absolute Gasteiger partial charge is 0.598 e. The molecule has 0 aliphatic heterocycles. The molecule has 0 aromatic rings. The number of hydrogen-bond donors (Lipinski definition) is 0. The summed E-state index contributed by atoms with van der Waals surface area (Å²) in [5.74, 6) is 0. The maximum Gasteiger partial charge on any atom is 0.276 e. The molecule has 18 heteroatoms. The van der Waals surface area contributed by atoms with Gasteiger partial charge in [-0.3, -0.25) is 0 Å². The SMILES string of the molecule is C.O=[P+]([O-])[O-].O=[P+]([O-])[O-].O=[P+]([O-])[O-].O=[P+]([O-])[O-].[W].[W]. The van der Waals surface area contributed by atoms with Gasteiger partial charge in [0.1, 0.15) is 0 Å². The molecule has 0 aromatic carbocycles. The van der Waals surface area contributed by atoms with Gasteiger partial charge in [-0.05, 0) is 0 Å². The molecule has 0 N–H and O–H groups in total. The molecule has 0 aromatic heterocycles. The predicted molar refractivity (Wildman–Crippen MR) is 37.2 cm³/mol. The van der Waals surface area contributed by atoms with Crippen LogP contribution in [0.1, 0.15) is 7.43 Å². The Bertz CT molecular complexity index is 168. The van der Waals surface area contributed by atoms with Gasteiger partial charge < -0.3 is 39.1 Å². The van der Waals surface area contributed by atoms with Gasteiger partial charge in [0, 0.05) is 42.1 Å². The fraction of sp³-hybridized carbons (Fsp3) is 1.00. The summed E-state index contributed by atoms with van der Waals surface area (Å²) in [7, 11) is -13.5. The first-order valence-corrected chi connectivity index (χ1v) is 6.57. The van der Waals surface area contributed by atoms with E-state index in [-0.39, 0.29) is 49.6 Å². The van der Waals surface area contributed by atoms with Crippen LogP contribution in [0.2, 0.25) is 0 Å². The standard InChI is InChI=1S/CH4.4HO3P.2W/c;4*1-4(2)3;;/h1H4;4*(H,1,2,3);;/p-4. The summed E-state index contributed by atoms with van der Waals surface area (Å²) in [5, 5.41) is 0. The molecule has 0 atom stereocenters.